The van der Waals surface area contributed by atoms with Gasteiger partial charge in [0.25, 0.3) is 0 Å². The van der Waals surface area contributed by atoms with Crippen LogP contribution in [0.2, 0.25) is 0 Å². The van der Waals surface area contributed by atoms with Crippen LogP contribution in [0.25, 0.3) is 0 Å². The van der Waals surface area contributed by atoms with Gasteiger partial charge in [0.1, 0.15) is 0 Å². The first-order valence-corrected chi connectivity index (χ1v) is 7.38. The lowest BCUT2D eigenvalue weighted by atomic mass is 9.91. The first-order chi connectivity index (χ1) is 7.89. The van der Waals surface area contributed by atoms with Crippen molar-refractivity contribution in [1.82, 2.24) is 10.2 Å². The molecule has 1 aliphatic carbocycles. The van der Waals surface area contributed by atoms with Gasteiger partial charge in [0.2, 0.25) is 0 Å². The summed E-state index contributed by atoms with van der Waals surface area (Å²) in [6.07, 6.45) is 2.95. The van der Waals surface area contributed by atoms with Crippen LogP contribution in [0, 0.1) is 17.8 Å². The third kappa shape index (κ3) is 3.45. The molecule has 1 aliphatic heterocycles. The molecular weight excluding hydrogens is 208 g/mol. The van der Waals surface area contributed by atoms with Crippen LogP contribution in [0.4, 0.5) is 0 Å². The molecule has 0 aromatic carbocycles. The summed E-state index contributed by atoms with van der Waals surface area (Å²) in [6.45, 7) is 15.5. The van der Waals surface area contributed by atoms with Gasteiger partial charge in [-0.2, -0.15) is 0 Å². The van der Waals surface area contributed by atoms with Crippen LogP contribution < -0.4 is 5.32 Å². The minimum Gasteiger partial charge on any atom is -0.309 e. The summed E-state index contributed by atoms with van der Waals surface area (Å²) in [5, 5.41) is 3.70. The molecule has 17 heavy (non-hydrogen) atoms. The maximum absolute atomic E-state index is 3.70. The van der Waals surface area contributed by atoms with E-state index in [1.165, 1.54) is 25.9 Å². The Bertz CT molecular complexity index is 256. The Labute approximate surface area is 107 Å². The maximum Gasteiger partial charge on any atom is 0.0252 e. The highest BCUT2D eigenvalue weighted by Gasteiger charge is 2.37. The Morgan fingerprint density at radius 2 is 1.88 bits per heavy atom. The molecule has 2 unspecified atom stereocenters. The van der Waals surface area contributed by atoms with Gasteiger partial charge in [-0.15, -0.1) is 0 Å². The second-order valence-electron chi connectivity index (χ2n) is 7.32. The number of rotatable bonds is 4. The molecule has 0 amide bonds. The fraction of sp³-hybridized carbons (Fsp3) is 1.00. The third-order valence-electron chi connectivity index (χ3n) is 4.58. The van der Waals surface area contributed by atoms with E-state index in [0.717, 1.165) is 30.3 Å². The van der Waals surface area contributed by atoms with E-state index in [2.05, 4.69) is 44.8 Å². The van der Waals surface area contributed by atoms with Crippen LogP contribution in [-0.2, 0) is 0 Å². The Hall–Kier alpha value is -0.0800. The van der Waals surface area contributed by atoms with E-state index in [4.69, 9.17) is 0 Å². The molecule has 2 heteroatoms. The van der Waals surface area contributed by atoms with Crippen LogP contribution in [0.15, 0.2) is 0 Å². The van der Waals surface area contributed by atoms with Gasteiger partial charge in [0, 0.05) is 31.2 Å². The summed E-state index contributed by atoms with van der Waals surface area (Å²) < 4.78 is 0. The zero-order valence-electron chi connectivity index (χ0n) is 12.3. The van der Waals surface area contributed by atoms with Gasteiger partial charge < -0.3 is 5.32 Å². The largest absolute Gasteiger partial charge is 0.309 e. The Kier molecular flexibility index (Phi) is 3.84. The van der Waals surface area contributed by atoms with Gasteiger partial charge in [-0.05, 0) is 44.4 Å². The molecule has 1 saturated heterocycles. The zero-order chi connectivity index (χ0) is 12.6. The molecule has 2 rings (SSSR count). The van der Waals surface area contributed by atoms with Crippen molar-refractivity contribution in [3.8, 4) is 0 Å². The molecule has 2 nitrogen and oxygen atoms in total. The molecule has 2 fully saturated rings. The molecule has 1 heterocycles. The molecule has 0 bridgehead atoms. The second kappa shape index (κ2) is 4.89. The third-order valence-corrected chi connectivity index (χ3v) is 4.58. The fourth-order valence-electron chi connectivity index (χ4n) is 3.23. The van der Waals surface area contributed by atoms with Crippen molar-refractivity contribution in [1.29, 1.82) is 0 Å². The number of nitrogens with zero attached hydrogens (tertiary/aromatic N) is 1. The van der Waals surface area contributed by atoms with Crippen LogP contribution in [-0.4, -0.2) is 36.1 Å². The predicted molar refractivity (Wildman–Crippen MR) is 74.2 cm³/mol. The lowest BCUT2D eigenvalue weighted by molar-refractivity contribution is 0.0546. The highest BCUT2D eigenvalue weighted by molar-refractivity contribution is 4.94. The van der Waals surface area contributed by atoms with E-state index in [1.54, 1.807) is 0 Å². The molecule has 0 aromatic rings. The fourth-order valence-corrected chi connectivity index (χ4v) is 3.23. The van der Waals surface area contributed by atoms with Gasteiger partial charge in [0.15, 0.2) is 0 Å². The highest BCUT2D eigenvalue weighted by atomic mass is 15.3. The first-order valence-electron chi connectivity index (χ1n) is 7.38. The highest BCUT2D eigenvalue weighted by Crippen LogP contribution is 2.37. The molecule has 0 spiro atoms. The monoisotopic (exact) mass is 238 g/mol. The van der Waals surface area contributed by atoms with Crippen LogP contribution in [0.5, 0.6) is 0 Å². The number of hydrogen-bond donors (Lipinski definition) is 1. The van der Waals surface area contributed by atoms with Gasteiger partial charge in [-0.3, -0.25) is 4.90 Å². The minimum atomic E-state index is 0.286. The quantitative estimate of drug-likeness (QED) is 0.810. The van der Waals surface area contributed by atoms with E-state index in [-0.39, 0.29) is 5.54 Å². The second-order valence-corrected chi connectivity index (χ2v) is 7.32. The summed E-state index contributed by atoms with van der Waals surface area (Å²) in [6, 6.07) is 0.726. The average molecular weight is 238 g/mol. The van der Waals surface area contributed by atoms with Gasteiger partial charge in [-0.25, -0.2) is 0 Å². The molecule has 0 aromatic heterocycles. The zero-order valence-corrected chi connectivity index (χ0v) is 12.3. The van der Waals surface area contributed by atoms with Gasteiger partial charge >= 0.3 is 0 Å². The predicted octanol–water partition coefficient (Wildman–Crippen LogP) is 2.74. The van der Waals surface area contributed by atoms with E-state index in [1.807, 2.05) is 0 Å². The van der Waals surface area contributed by atoms with Crippen LogP contribution in [0.3, 0.4) is 0 Å². The molecule has 2 atom stereocenters. The number of nitrogens with one attached hydrogen (secondary N) is 1. The summed E-state index contributed by atoms with van der Waals surface area (Å²) in [7, 11) is 0. The Morgan fingerprint density at radius 1 is 1.24 bits per heavy atom. The number of piperazine rings is 1. The number of hydrogen-bond acceptors (Lipinski definition) is 2. The molecule has 2 aliphatic rings. The van der Waals surface area contributed by atoms with Crippen molar-refractivity contribution in [3.05, 3.63) is 0 Å². The van der Waals surface area contributed by atoms with E-state index in [9.17, 15) is 0 Å². The van der Waals surface area contributed by atoms with E-state index in [0.29, 0.717) is 0 Å². The summed E-state index contributed by atoms with van der Waals surface area (Å²) in [5.41, 5.74) is 0.286. The van der Waals surface area contributed by atoms with Crippen LogP contribution >= 0.6 is 0 Å². The lowest BCUT2D eigenvalue weighted by Gasteiger charge is -2.47. The van der Waals surface area contributed by atoms with E-state index >= 15 is 0 Å². The lowest BCUT2D eigenvalue weighted by Crippen LogP contribution is -2.63. The van der Waals surface area contributed by atoms with Gasteiger partial charge in [-0.1, -0.05) is 20.8 Å². The van der Waals surface area contributed by atoms with Crippen molar-refractivity contribution in [2.75, 3.05) is 19.6 Å². The van der Waals surface area contributed by atoms with Crippen LogP contribution in [0.1, 0.15) is 47.5 Å². The minimum absolute atomic E-state index is 0.286. The molecular formula is C15H30N2. The van der Waals surface area contributed by atoms with Crippen molar-refractivity contribution in [2.45, 2.75) is 59.0 Å². The average Bonchev–Trinajstić information content (AvgIpc) is 2.98. The summed E-state index contributed by atoms with van der Waals surface area (Å²) in [5.74, 6) is 2.68. The summed E-state index contributed by atoms with van der Waals surface area (Å²) >= 11 is 0. The van der Waals surface area contributed by atoms with Crippen molar-refractivity contribution in [3.63, 3.8) is 0 Å². The van der Waals surface area contributed by atoms with Crippen molar-refractivity contribution < 1.29 is 0 Å². The van der Waals surface area contributed by atoms with Crippen molar-refractivity contribution in [2.24, 2.45) is 17.8 Å². The van der Waals surface area contributed by atoms with E-state index < -0.39 is 0 Å². The maximum atomic E-state index is 3.70. The molecule has 1 N–H and O–H groups in total. The van der Waals surface area contributed by atoms with Crippen molar-refractivity contribution >= 4 is 0 Å². The Balaban J connectivity index is 1.97. The molecule has 1 saturated carbocycles. The normalized spacial score (nSPS) is 31.8. The Morgan fingerprint density at radius 3 is 2.41 bits per heavy atom. The molecule has 100 valence electrons. The SMILES string of the molecule is CC(C)C1CNC(C)(C)CN1CC(C)C1CC1. The topological polar surface area (TPSA) is 15.3 Å². The molecule has 0 radical (unpaired) electrons. The summed E-state index contributed by atoms with van der Waals surface area (Å²) in [4.78, 5) is 2.75. The smallest absolute Gasteiger partial charge is 0.0252 e. The standard InChI is InChI=1S/C15H30N2/c1-11(2)14-8-16-15(4,5)10-17(14)9-12(3)13-6-7-13/h11-14,16H,6-10H2,1-5H3. The first kappa shape index (κ1) is 13.4. The van der Waals surface area contributed by atoms with Gasteiger partial charge in [0.05, 0.1) is 0 Å².